The molecule has 0 aromatic rings. The van der Waals surface area contributed by atoms with Crippen LogP contribution in [0.15, 0.2) is 0 Å². The van der Waals surface area contributed by atoms with Crippen LogP contribution in [0.3, 0.4) is 0 Å². The maximum atomic E-state index is 10.4. The first-order valence-corrected chi connectivity index (χ1v) is 5.18. The van der Waals surface area contributed by atoms with Crippen LogP contribution >= 0.6 is 23.4 Å². The fraction of sp³-hybridized carbons (Fsp3) is 0.500. The van der Waals surface area contributed by atoms with Crippen molar-refractivity contribution >= 4 is 47.0 Å². The predicted molar refractivity (Wildman–Crippen MR) is 54.3 cm³/mol. The number of carbonyl (C=O) groups is 4. The van der Waals surface area contributed by atoms with Crippen molar-refractivity contribution < 1.29 is 19.2 Å². The van der Waals surface area contributed by atoms with Crippen molar-refractivity contribution in [2.75, 3.05) is 0 Å². The van der Waals surface area contributed by atoms with Gasteiger partial charge < -0.3 is 0 Å². The molecular formula is C8H8Cl2N2O4. The molecule has 2 fully saturated rings. The Morgan fingerprint density at radius 2 is 1.62 bits per heavy atom. The topological polar surface area (TPSA) is 83.5 Å². The molecule has 2 aliphatic heterocycles. The Bertz CT molecular complexity index is 339. The van der Waals surface area contributed by atoms with Gasteiger partial charge in [-0.05, 0) is 0 Å². The Balaban J connectivity index is 0.000000160. The fourth-order valence-corrected chi connectivity index (χ4v) is 1.44. The van der Waals surface area contributed by atoms with Crippen LogP contribution in [0.5, 0.6) is 0 Å². The molecule has 1 unspecified atom stereocenters. The number of hydrogen-bond donors (Lipinski definition) is 1. The standard InChI is InChI=1S/2C4H4ClNO2/c5-6-3(7)1-2-4(6)8;5-2-1-3(7)6-4(2)8/h1-2H2;2H,1H2,(H,6,7,8). The molecule has 2 rings (SSSR count). The lowest BCUT2D eigenvalue weighted by atomic mass is 10.4. The Labute approximate surface area is 101 Å². The molecule has 0 aromatic heterocycles. The average Bonchev–Trinajstić information content (AvgIpc) is 2.65. The molecule has 2 saturated heterocycles. The van der Waals surface area contributed by atoms with Crippen molar-refractivity contribution in [3.63, 3.8) is 0 Å². The largest absolute Gasteiger partial charge is 0.295 e. The van der Waals surface area contributed by atoms with Gasteiger partial charge in [-0.3, -0.25) is 24.5 Å². The summed E-state index contributed by atoms with van der Waals surface area (Å²) in [6, 6.07) is 0. The molecule has 0 radical (unpaired) electrons. The Kier molecular flexibility index (Phi) is 4.26. The second-order valence-corrected chi connectivity index (χ2v) is 4.02. The SMILES string of the molecule is O=C1CC(Cl)C(=O)N1.O=C1CCC(=O)N1Cl. The predicted octanol–water partition coefficient (Wildman–Crippen LogP) is -0.0705. The summed E-state index contributed by atoms with van der Waals surface area (Å²) < 4.78 is 0.639. The van der Waals surface area contributed by atoms with Crippen molar-refractivity contribution in [1.29, 1.82) is 0 Å². The van der Waals surface area contributed by atoms with Crippen LogP contribution in [0.4, 0.5) is 0 Å². The quantitative estimate of drug-likeness (QED) is 0.378. The van der Waals surface area contributed by atoms with Crippen molar-refractivity contribution in [3.05, 3.63) is 0 Å². The average molecular weight is 267 g/mol. The van der Waals surface area contributed by atoms with Gasteiger partial charge in [-0.15, -0.1) is 11.6 Å². The molecule has 6 nitrogen and oxygen atoms in total. The summed E-state index contributed by atoms with van der Waals surface area (Å²) >= 11 is 10.5. The van der Waals surface area contributed by atoms with Gasteiger partial charge in [0.25, 0.3) is 0 Å². The molecule has 16 heavy (non-hydrogen) atoms. The highest BCUT2D eigenvalue weighted by atomic mass is 35.5. The molecule has 0 bridgehead atoms. The lowest BCUT2D eigenvalue weighted by molar-refractivity contribution is -0.132. The zero-order chi connectivity index (χ0) is 12.3. The van der Waals surface area contributed by atoms with Crippen LogP contribution in [0.1, 0.15) is 19.3 Å². The monoisotopic (exact) mass is 266 g/mol. The van der Waals surface area contributed by atoms with E-state index in [-0.39, 0.29) is 42.9 Å². The first-order valence-electron chi connectivity index (χ1n) is 4.41. The number of rotatable bonds is 0. The molecule has 8 heteroatoms. The third-order valence-corrected chi connectivity index (χ3v) is 2.63. The molecule has 4 amide bonds. The van der Waals surface area contributed by atoms with Gasteiger partial charge in [-0.1, -0.05) is 0 Å². The van der Waals surface area contributed by atoms with Crippen LogP contribution in [0.25, 0.3) is 0 Å². The number of nitrogens with zero attached hydrogens (tertiary/aromatic N) is 1. The molecule has 0 aromatic carbocycles. The number of amides is 4. The summed E-state index contributed by atoms with van der Waals surface area (Å²) in [4.78, 5) is 41.3. The van der Waals surface area contributed by atoms with Gasteiger partial charge in [0.05, 0.1) is 6.42 Å². The van der Waals surface area contributed by atoms with Gasteiger partial charge in [0, 0.05) is 24.6 Å². The van der Waals surface area contributed by atoms with E-state index < -0.39 is 5.38 Å². The smallest absolute Gasteiger partial charge is 0.245 e. The minimum Gasteiger partial charge on any atom is -0.295 e. The highest BCUT2D eigenvalue weighted by Crippen LogP contribution is 2.12. The fourth-order valence-electron chi connectivity index (χ4n) is 1.07. The first kappa shape index (κ1) is 12.9. The van der Waals surface area contributed by atoms with Crippen molar-refractivity contribution in [2.45, 2.75) is 24.6 Å². The van der Waals surface area contributed by atoms with Gasteiger partial charge in [-0.2, -0.15) is 4.42 Å². The lowest BCUT2D eigenvalue weighted by Crippen LogP contribution is -2.21. The normalized spacial score (nSPS) is 24.4. The van der Waals surface area contributed by atoms with E-state index in [1.165, 1.54) is 0 Å². The van der Waals surface area contributed by atoms with Crippen LogP contribution in [0, 0.1) is 0 Å². The molecule has 0 saturated carbocycles. The Morgan fingerprint density at radius 1 is 1.12 bits per heavy atom. The molecule has 88 valence electrons. The van der Waals surface area contributed by atoms with Crippen molar-refractivity contribution in [3.8, 4) is 0 Å². The second kappa shape index (κ2) is 5.27. The number of hydrogen-bond acceptors (Lipinski definition) is 4. The highest BCUT2D eigenvalue weighted by Gasteiger charge is 2.28. The molecule has 0 aliphatic carbocycles. The number of alkyl halides is 1. The Hall–Kier alpha value is -1.14. The number of halogens is 2. The summed E-state index contributed by atoms with van der Waals surface area (Å²) in [6.45, 7) is 0. The summed E-state index contributed by atoms with van der Waals surface area (Å²) in [5.41, 5.74) is 0. The van der Waals surface area contributed by atoms with Crippen molar-refractivity contribution in [1.82, 2.24) is 9.74 Å². The molecule has 1 N–H and O–H groups in total. The van der Waals surface area contributed by atoms with Crippen LogP contribution in [-0.4, -0.2) is 33.4 Å². The molecule has 0 spiro atoms. The Morgan fingerprint density at radius 3 is 1.75 bits per heavy atom. The molecule has 2 heterocycles. The van der Waals surface area contributed by atoms with E-state index in [1.807, 2.05) is 0 Å². The van der Waals surface area contributed by atoms with E-state index in [0.29, 0.717) is 4.42 Å². The molecule has 2 aliphatic rings. The van der Waals surface area contributed by atoms with E-state index in [1.54, 1.807) is 0 Å². The maximum Gasteiger partial charge on any atom is 0.245 e. The van der Waals surface area contributed by atoms with Crippen LogP contribution in [0.2, 0.25) is 0 Å². The zero-order valence-corrected chi connectivity index (χ0v) is 9.55. The minimum atomic E-state index is -0.637. The summed E-state index contributed by atoms with van der Waals surface area (Å²) in [5.74, 6) is -1.25. The minimum absolute atomic E-state index is 0.125. The highest BCUT2D eigenvalue weighted by molar-refractivity contribution is 6.35. The lowest BCUT2D eigenvalue weighted by Gasteiger charge is -1.96. The zero-order valence-electron chi connectivity index (χ0n) is 8.03. The number of nitrogens with one attached hydrogen (secondary N) is 1. The first-order chi connectivity index (χ1) is 7.41. The third-order valence-electron chi connectivity index (χ3n) is 1.90. The van der Waals surface area contributed by atoms with Gasteiger partial charge in [0.15, 0.2) is 0 Å². The number of imide groups is 2. The second-order valence-electron chi connectivity index (χ2n) is 3.15. The van der Waals surface area contributed by atoms with E-state index in [9.17, 15) is 19.2 Å². The maximum absolute atomic E-state index is 10.4. The van der Waals surface area contributed by atoms with E-state index >= 15 is 0 Å². The van der Waals surface area contributed by atoms with Gasteiger partial charge in [0.1, 0.15) is 5.38 Å². The summed E-state index contributed by atoms with van der Waals surface area (Å²) in [5, 5.41) is 1.42. The van der Waals surface area contributed by atoms with Gasteiger partial charge in [-0.25, -0.2) is 0 Å². The summed E-state index contributed by atoms with van der Waals surface area (Å²) in [7, 11) is 0. The van der Waals surface area contributed by atoms with Crippen LogP contribution in [-0.2, 0) is 19.2 Å². The van der Waals surface area contributed by atoms with Crippen molar-refractivity contribution in [2.24, 2.45) is 0 Å². The van der Waals surface area contributed by atoms with Gasteiger partial charge in [0.2, 0.25) is 23.6 Å². The summed E-state index contributed by atoms with van der Waals surface area (Å²) in [6.07, 6.45) is 0.658. The molecule has 1 atom stereocenters. The molecular weight excluding hydrogens is 259 g/mol. The third kappa shape index (κ3) is 3.18. The van der Waals surface area contributed by atoms with E-state index in [4.69, 9.17) is 23.4 Å². The van der Waals surface area contributed by atoms with E-state index in [0.717, 1.165) is 0 Å². The van der Waals surface area contributed by atoms with Crippen LogP contribution < -0.4 is 5.32 Å². The number of carbonyl (C=O) groups excluding carboxylic acids is 4. The van der Waals surface area contributed by atoms with E-state index in [2.05, 4.69) is 5.32 Å². The van der Waals surface area contributed by atoms with Gasteiger partial charge >= 0.3 is 0 Å².